The van der Waals surface area contributed by atoms with Crippen LogP contribution < -0.4 is 0 Å². The molecule has 0 saturated carbocycles. The molecule has 0 spiro atoms. The summed E-state index contributed by atoms with van der Waals surface area (Å²) in [4.78, 5) is 38.0. The SMILES string of the molecule is CC/C=C/C=C/C=C/CCCCCCCC(=O)OCC(COC(=O)CCCCCCCCC/C=C/CCCCCCCC)OC(=O)CCCCCC/C=C/C/C=C/C/C=C/CC. The van der Waals surface area contributed by atoms with Gasteiger partial charge in [-0.05, 0) is 96.3 Å². The maximum atomic E-state index is 12.8. The largest absolute Gasteiger partial charge is 0.462 e. The maximum Gasteiger partial charge on any atom is 0.306 e. The van der Waals surface area contributed by atoms with Crippen LogP contribution in [-0.2, 0) is 28.6 Å². The first-order chi connectivity index (χ1) is 30.5. The van der Waals surface area contributed by atoms with E-state index in [2.05, 4.69) is 106 Å². The van der Waals surface area contributed by atoms with Crippen LogP contribution in [0.3, 0.4) is 0 Å². The van der Waals surface area contributed by atoms with Gasteiger partial charge in [0.25, 0.3) is 0 Å². The zero-order valence-corrected chi connectivity index (χ0v) is 40.4. The molecule has 6 heteroatoms. The first-order valence-corrected chi connectivity index (χ1v) is 25.6. The van der Waals surface area contributed by atoms with Gasteiger partial charge in [0, 0.05) is 19.3 Å². The fourth-order valence-corrected chi connectivity index (χ4v) is 6.86. The highest BCUT2D eigenvalue weighted by molar-refractivity contribution is 5.71. The third-order valence-electron chi connectivity index (χ3n) is 10.7. The molecule has 0 aromatic carbocycles. The van der Waals surface area contributed by atoms with E-state index in [9.17, 15) is 14.4 Å². The molecule has 0 rings (SSSR count). The predicted molar refractivity (Wildman–Crippen MR) is 265 cm³/mol. The summed E-state index contributed by atoms with van der Waals surface area (Å²) < 4.78 is 16.8. The normalized spacial score (nSPS) is 12.8. The number of ether oxygens (including phenoxy) is 3. The van der Waals surface area contributed by atoms with Crippen molar-refractivity contribution in [2.24, 2.45) is 0 Å². The predicted octanol–water partition coefficient (Wildman–Crippen LogP) is 16.8. The number of allylic oxidation sites excluding steroid dienone is 14. The van der Waals surface area contributed by atoms with Gasteiger partial charge in [0.15, 0.2) is 6.10 Å². The van der Waals surface area contributed by atoms with E-state index in [1.165, 1.54) is 77.0 Å². The summed E-state index contributed by atoms with van der Waals surface area (Å²) in [7, 11) is 0. The zero-order chi connectivity index (χ0) is 45.1. The molecule has 0 fully saturated rings. The molecule has 0 radical (unpaired) electrons. The number of carbonyl (C=O) groups is 3. The number of unbranched alkanes of at least 4 members (excludes halogenated alkanes) is 22. The zero-order valence-electron chi connectivity index (χ0n) is 40.4. The molecule has 354 valence electrons. The molecule has 0 aromatic rings. The van der Waals surface area contributed by atoms with Gasteiger partial charge in [-0.1, -0.05) is 202 Å². The molecule has 0 aliphatic rings. The van der Waals surface area contributed by atoms with Crippen LogP contribution in [0.15, 0.2) is 85.1 Å². The molecule has 0 aliphatic heterocycles. The van der Waals surface area contributed by atoms with Crippen molar-refractivity contribution in [2.45, 2.75) is 239 Å². The molecule has 0 amide bonds. The summed E-state index contributed by atoms with van der Waals surface area (Å²) >= 11 is 0. The smallest absolute Gasteiger partial charge is 0.306 e. The van der Waals surface area contributed by atoms with Crippen molar-refractivity contribution in [2.75, 3.05) is 13.2 Å². The minimum Gasteiger partial charge on any atom is -0.462 e. The molecule has 0 aliphatic carbocycles. The Balaban J connectivity index is 4.44. The van der Waals surface area contributed by atoms with Gasteiger partial charge in [-0.25, -0.2) is 0 Å². The number of hydrogen-bond acceptors (Lipinski definition) is 6. The van der Waals surface area contributed by atoms with E-state index in [1.807, 2.05) is 0 Å². The second-order valence-electron chi connectivity index (χ2n) is 16.7. The lowest BCUT2D eigenvalue weighted by atomic mass is 10.1. The highest BCUT2D eigenvalue weighted by Gasteiger charge is 2.19. The monoisotopic (exact) mass is 863 g/mol. The van der Waals surface area contributed by atoms with E-state index >= 15 is 0 Å². The van der Waals surface area contributed by atoms with Crippen LogP contribution in [0, 0.1) is 0 Å². The number of esters is 3. The Bertz CT molecular complexity index is 1220. The number of rotatable bonds is 45. The van der Waals surface area contributed by atoms with Crippen molar-refractivity contribution in [3.8, 4) is 0 Å². The number of carbonyl (C=O) groups excluding carboxylic acids is 3. The van der Waals surface area contributed by atoms with E-state index in [-0.39, 0.29) is 31.1 Å². The van der Waals surface area contributed by atoms with E-state index in [4.69, 9.17) is 14.2 Å². The molecule has 6 nitrogen and oxygen atoms in total. The average Bonchev–Trinajstić information content (AvgIpc) is 3.27. The van der Waals surface area contributed by atoms with E-state index in [0.29, 0.717) is 19.3 Å². The van der Waals surface area contributed by atoms with Gasteiger partial charge in [0.1, 0.15) is 13.2 Å². The van der Waals surface area contributed by atoms with Crippen molar-refractivity contribution in [1.29, 1.82) is 0 Å². The first-order valence-electron chi connectivity index (χ1n) is 25.6. The third-order valence-corrected chi connectivity index (χ3v) is 10.7. The van der Waals surface area contributed by atoms with Gasteiger partial charge in [-0.3, -0.25) is 14.4 Å². The Kier molecular flexibility index (Phi) is 47.5. The molecule has 0 saturated heterocycles. The van der Waals surface area contributed by atoms with Crippen molar-refractivity contribution >= 4 is 17.9 Å². The first kappa shape index (κ1) is 58.6. The Morgan fingerprint density at radius 2 is 0.710 bits per heavy atom. The summed E-state index contributed by atoms with van der Waals surface area (Å²) in [6, 6.07) is 0. The highest BCUT2D eigenvalue weighted by atomic mass is 16.6. The van der Waals surface area contributed by atoms with Crippen molar-refractivity contribution in [3.63, 3.8) is 0 Å². The summed E-state index contributed by atoms with van der Waals surface area (Å²) in [6.45, 7) is 6.34. The van der Waals surface area contributed by atoms with Gasteiger partial charge in [0.05, 0.1) is 0 Å². The standard InChI is InChI=1S/C56H94O6/c1-4-7-10-13-16-19-22-25-27-28-29-32-34-37-40-43-46-49-55(58)61-52-53(51-60-54(57)48-45-42-39-36-33-30-24-21-18-15-12-9-6-3)62-56(59)50-47-44-41-38-35-31-26-23-20-17-14-11-8-5-2/h8-9,11-12,15,17-18,20-21,24-27,31,53H,4-7,10,13-14,16,19,22-23,28-30,32-52H2,1-3H3/b11-8+,12-9+,18-15+,20-17+,24-21+,27-25+,31-26+. The fraction of sp³-hybridized carbons (Fsp3) is 0.696. The lowest BCUT2D eigenvalue weighted by Gasteiger charge is -2.18. The molecule has 1 atom stereocenters. The molecule has 0 N–H and O–H groups in total. The van der Waals surface area contributed by atoms with Crippen LogP contribution in [0.5, 0.6) is 0 Å². The van der Waals surface area contributed by atoms with Crippen molar-refractivity contribution in [3.05, 3.63) is 85.1 Å². The van der Waals surface area contributed by atoms with Crippen LogP contribution in [0.25, 0.3) is 0 Å². The summed E-state index contributed by atoms with van der Waals surface area (Å²) in [5.41, 5.74) is 0. The van der Waals surface area contributed by atoms with Crippen LogP contribution >= 0.6 is 0 Å². The highest BCUT2D eigenvalue weighted by Crippen LogP contribution is 2.14. The molecule has 62 heavy (non-hydrogen) atoms. The van der Waals surface area contributed by atoms with Crippen molar-refractivity contribution < 1.29 is 28.6 Å². The topological polar surface area (TPSA) is 78.9 Å². The third kappa shape index (κ3) is 47.6. The minimum atomic E-state index is -0.798. The fourth-order valence-electron chi connectivity index (χ4n) is 6.86. The second kappa shape index (κ2) is 50.2. The number of hydrogen-bond donors (Lipinski definition) is 0. The molecule has 0 heterocycles. The van der Waals surface area contributed by atoms with Crippen LogP contribution in [0.4, 0.5) is 0 Å². The van der Waals surface area contributed by atoms with Crippen LogP contribution in [0.2, 0.25) is 0 Å². The van der Waals surface area contributed by atoms with E-state index in [0.717, 1.165) is 116 Å². The molecular weight excluding hydrogens is 769 g/mol. The quantitative estimate of drug-likeness (QED) is 0.0199. The van der Waals surface area contributed by atoms with Gasteiger partial charge in [-0.15, -0.1) is 0 Å². The maximum absolute atomic E-state index is 12.8. The summed E-state index contributed by atoms with van der Waals surface area (Å²) in [6.07, 6.45) is 64.2. The van der Waals surface area contributed by atoms with E-state index < -0.39 is 6.10 Å². The lowest BCUT2D eigenvalue weighted by molar-refractivity contribution is -0.167. The Labute approximate surface area is 382 Å². The summed E-state index contributed by atoms with van der Waals surface area (Å²) in [5, 5.41) is 0. The minimum absolute atomic E-state index is 0.0953. The second-order valence-corrected chi connectivity index (χ2v) is 16.7. The van der Waals surface area contributed by atoms with E-state index in [1.54, 1.807) is 0 Å². The van der Waals surface area contributed by atoms with Crippen LogP contribution in [0.1, 0.15) is 233 Å². The van der Waals surface area contributed by atoms with Gasteiger partial charge in [0.2, 0.25) is 0 Å². The molecule has 0 aromatic heterocycles. The Hall–Kier alpha value is -3.41. The van der Waals surface area contributed by atoms with Gasteiger partial charge in [-0.2, -0.15) is 0 Å². The molecule has 1 unspecified atom stereocenters. The molecule has 0 bridgehead atoms. The van der Waals surface area contributed by atoms with Gasteiger partial charge < -0.3 is 14.2 Å². The van der Waals surface area contributed by atoms with Gasteiger partial charge >= 0.3 is 17.9 Å². The van der Waals surface area contributed by atoms with Crippen molar-refractivity contribution in [1.82, 2.24) is 0 Å². The Morgan fingerprint density at radius 3 is 1.18 bits per heavy atom. The summed E-state index contributed by atoms with van der Waals surface area (Å²) in [5.74, 6) is -0.945. The lowest BCUT2D eigenvalue weighted by Crippen LogP contribution is -2.30. The van der Waals surface area contributed by atoms with Crippen LogP contribution in [-0.4, -0.2) is 37.2 Å². The average molecular weight is 863 g/mol. The Morgan fingerprint density at radius 1 is 0.355 bits per heavy atom. The molecular formula is C56H94O6.